The summed E-state index contributed by atoms with van der Waals surface area (Å²) >= 11 is 6.26. The molecule has 0 unspecified atom stereocenters. The molecule has 0 saturated heterocycles. The van der Waals surface area contributed by atoms with E-state index in [1.165, 1.54) is 35.0 Å². The van der Waals surface area contributed by atoms with Gasteiger partial charge in [-0.05, 0) is 36.4 Å². The molecule has 0 aliphatic carbocycles. The van der Waals surface area contributed by atoms with E-state index in [1.807, 2.05) is 6.07 Å². The van der Waals surface area contributed by atoms with Crippen molar-refractivity contribution >= 4 is 29.2 Å². The largest absolute Gasteiger partial charge is 0.364 e. The van der Waals surface area contributed by atoms with Crippen LogP contribution in [0, 0.1) is 0 Å². The fourth-order valence-corrected chi connectivity index (χ4v) is 3.44. The highest BCUT2D eigenvalue weighted by atomic mass is 35.5. The second-order valence-electron chi connectivity index (χ2n) is 7.47. The molecule has 0 aliphatic rings. The van der Waals surface area contributed by atoms with Gasteiger partial charge < -0.3 is 11.1 Å². The van der Waals surface area contributed by atoms with Gasteiger partial charge in [0.2, 0.25) is 0 Å². The topological polar surface area (TPSA) is 103 Å². The highest BCUT2D eigenvalue weighted by molar-refractivity contribution is 6.34. The normalized spacial score (nSPS) is 11.3. The number of halogens is 3. The molecule has 10 heteroatoms. The predicted molar refractivity (Wildman–Crippen MR) is 124 cm³/mol. The lowest BCUT2D eigenvalue weighted by Crippen LogP contribution is -2.16. The van der Waals surface area contributed by atoms with E-state index in [2.05, 4.69) is 15.4 Å². The fourth-order valence-electron chi connectivity index (χ4n) is 3.24. The van der Waals surface area contributed by atoms with Gasteiger partial charge in [0.15, 0.2) is 5.69 Å². The summed E-state index contributed by atoms with van der Waals surface area (Å²) in [6, 6.07) is 18.9. The van der Waals surface area contributed by atoms with Crippen LogP contribution in [-0.2, 0) is 5.92 Å². The van der Waals surface area contributed by atoms with Gasteiger partial charge >= 0.3 is 0 Å². The summed E-state index contributed by atoms with van der Waals surface area (Å²) in [6.45, 7) is 0.760. The summed E-state index contributed by atoms with van der Waals surface area (Å²) in [5.74, 6) is -4.28. The van der Waals surface area contributed by atoms with Crippen molar-refractivity contribution in [3.8, 4) is 16.9 Å². The Morgan fingerprint density at radius 3 is 2.44 bits per heavy atom. The quantitative estimate of drug-likeness (QED) is 0.402. The average Bonchev–Trinajstić information content (AvgIpc) is 3.23. The molecule has 0 atom stereocenters. The van der Waals surface area contributed by atoms with Gasteiger partial charge in [-0.15, -0.1) is 0 Å². The number of hydrogen-bond donors (Lipinski definition) is 2. The molecule has 0 radical (unpaired) electrons. The second-order valence-corrected chi connectivity index (χ2v) is 7.88. The van der Waals surface area contributed by atoms with Crippen LogP contribution in [0.25, 0.3) is 16.9 Å². The van der Waals surface area contributed by atoms with E-state index in [0.717, 1.165) is 6.92 Å². The zero-order valence-electron chi connectivity index (χ0n) is 17.8. The van der Waals surface area contributed by atoms with Gasteiger partial charge in [-0.25, -0.2) is 9.67 Å². The Bertz CT molecular complexity index is 1380. The molecular formula is C24H18ClF2N5O2. The Morgan fingerprint density at radius 1 is 1.03 bits per heavy atom. The van der Waals surface area contributed by atoms with E-state index in [-0.39, 0.29) is 27.8 Å². The standard InChI is InChI=1S/C24H18ClF2N5O2/c1-24(26,27)20-9-5-8-18(29-20)14-10-11-17(25)16(12-14)23(34)30-21-13-19(22(28)33)31-32(21)15-6-3-2-4-7-15/h2-13H,1H3,(H2,28,33)(H,30,34). The van der Waals surface area contributed by atoms with Crippen molar-refractivity contribution in [3.63, 3.8) is 0 Å². The van der Waals surface area contributed by atoms with Crippen LogP contribution in [0.3, 0.4) is 0 Å². The Balaban J connectivity index is 1.70. The number of alkyl halides is 2. The number of para-hydroxylation sites is 1. The average molecular weight is 482 g/mol. The molecule has 0 saturated carbocycles. The van der Waals surface area contributed by atoms with Crippen LogP contribution < -0.4 is 11.1 Å². The monoisotopic (exact) mass is 481 g/mol. The number of nitrogens with zero attached hydrogens (tertiary/aromatic N) is 3. The molecular weight excluding hydrogens is 464 g/mol. The molecule has 2 heterocycles. The van der Waals surface area contributed by atoms with E-state index < -0.39 is 23.4 Å². The number of carbonyl (C=O) groups excluding carboxylic acids is 2. The number of benzene rings is 2. The van der Waals surface area contributed by atoms with Crippen molar-refractivity contribution in [2.24, 2.45) is 5.73 Å². The maximum absolute atomic E-state index is 13.7. The van der Waals surface area contributed by atoms with Gasteiger partial charge in [-0.3, -0.25) is 9.59 Å². The van der Waals surface area contributed by atoms with Crippen molar-refractivity contribution in [3.05, 3.63) is 94.8 Å². The molecule has 0 fully saturated rings. The van der Waals surface area contributed by atoms with Crippen LogP contribution >= 0.6 is 11.6 Å². The number of carbonyl (C=O) groups is 2. The van der Waals surface area contributed by atoms with Gasteiger partial charge in [0.1, 0.15) is 11.5 Å². The molecule has 4 aromatic rings. The van der Waals surface area contributed by atoms with Crippen LogP contribution in [0.4, 0.5) is 14.6 Å². The SMILES string of the molecule is CC(F)(F)c1cccc(-c2ccc(Cl)c(C(=O)Nc3cc(C(N)=O)nn3-c3ccccc3)c2)n1. The van der Waals surface area contributed by atoms with Crippen molar-refractivity contribution < 1.29 is 18.4 Å². The first-order chi connectivity index (χ1) is 16.1. The molecule has 2 aromatic heterocycles. The Hall–Kier alpha value is -4.11. The predicted octanol–water partition coefficient (Wildman–Crippen LogP) is 5.05. The lowest BCUT2D eigenvalue weighted by molar-refractivity contribution is 0.0129. The van der Waals surface area contributed by atoms with Crippen molar-refractivity contribution in [1.82, 2.24) is 14.8 Å². The van der Waals surface area contributed by atoms with Crippen LogP contribution in [0.5, 0.6) is 0 Å². The summed E-state index contributed by atoms with van der Waals surface area (Å²) in [6.07, 6.45) is 0. The van der Waals surface area contributed by atoms with E-state index in [4.69, 9.17) is 17.3 Å². The summed E-state index contributed by atoms with van der Waals surface area (Å²) in [4.78, 5) is 28.8. The maximum Gasteiger partial charge on any atom is 0.286 e. The molecule has 0 aliphatic heterocycles. The maximum atomic E-state index is 13.7. The third kappa shape index (κ3) is 4.79. The minimum absolute atomic E-state index is 0.0412. The summed E-state index contributed by atoms with van der Waals surface area (Å²) in [7, 11) is 0. The third-order valence-corrected chi connectivity index (χ3v) is 5.24. The lowest BCUT2D eigenvalue weighted by atomic mass is 10.1. The minimum Gasteiger partial charge on any atom is -0.364 e. The highest BCUT2D eigenvalue weighted by Gasteiger charge is 2.26. The number of aromatic nitrogens is 3. The number of pyridine rings is 1. The minimum atomic E-state index is -3.11. The highest BCUT2D eigenvalue weighted by Crippen LogP contribution is 2.29. The smallest absolute Gasteiger partial charge is 0.286 e. The van der Waals surface area contributed by atoms with Crippen LogP contribution in [0.15, 0.2) is 72.8 Å². The van der Waals surface area contributed by atoms with Gasteiger partial charge in [-0.1, -0.05) is 41.9 Å². The van der Waals surface area contributed by atoms with Gasteiger partial charge in [0.25, 0.3) is 17.7 Å². The number of primary amides is 1. The molecule has 2 aromatic carbocycles. The molecule has 3 N–H and O–H groups in total. The molecule has 0 bridgehead atoms. The summed E-state index contributed by atoms with van der Waals surface area (Å²) in [5, 5.41) is 6.98. The van der Waals surface area contributed by atoms with Crippen molar-refractivity contribution in [2.45, 2.75) is 12.8 Å². The molecule has 0 spiro atoms. The van der Waals surface area contributed by atoms with Crippen molar-refractivity contribution in [1.29, 1.82) is 0 Å². The van der Waals surface area contributed by atoms with Crippen LogP contribution in [0.2, 0.25) is 5.02 Å². The first-order valence-electron chi connectivity index (χ1n) is 10.1. The van der Waals surface area contributed by atoms with Gasteiger partial charge in [-0.2, -0.15) is 13.9 Å². The van der Waals surface area contributed by atoms with E-state index >= 15 is 0 Å². The number of nitrogens with one attached hydrogen (secondary N) is 1. The first kappa shape index (κ1) is 23.1. The number of amides is 2. The van der Waals surface area contributed by atoms with E-state index in [0.29, 0.717) is 11.3 Å². The zero-order valence-corrected chi connectivity index (χ0v) is 18.6. The zero-order chi connectivity index (χ0) is 24.5. The molecule has 172 valence electrons. The lowest BCUT2D eigenvalue weighted by Gasteiger charge is -2.13. The first-order valence-corrected chi connectivity index (χ1v) is 10.4. The number of hydrogen-bond acceptors (Lipinski definition) is 4. The number of anilines is 1. The Labute approximate surface area is 198 Å². The Morgan fingerprint density at radius 2 is 1.76 bits per heavy atom. The molecule has 2 amide bonds. The van der Waals surface area contributed by atoms with E-state index in [9.17, 15) is 18.4 Å². The molecule has 34 heavy (non-hydrogen) atoms. The number of nitrogens with two attached hydrogens (primary N) is 1. The van der Waals surface area contributed by atoms with Crippen LogP contribution in [0.1, 0.15) is 33.5 Å². The van der Waals surface area contributed by atoms with Gasteiger partial charge in [0, 0.05) is 18.6 Å². The van der Waals surface area contributed by atoms with Crippen LogP contribution in [-0.4, -0.2) is 26.6 Å². The second kappa shape index (κ2) is 9.03. The summed E-state index contributed by atoms with van der Waals surface area (Å²) < 4.78 is 28.8. The fraction of sp³-hybridized carbons (Fsp3) is 0.0833. The number of rotatable bonds is 6. The van der Waals surface area contributed by atoms with Gasteiger partial charge in [0.05, 0.1) is 22.0 Å². The third-order valence-electron chi connectivity index (χ3n) is 4.91. The van der Waals surface area contributed by atoms with E-state index in [1.54, 1.807) is 36.4 Å². The Kier molecular flexibility index (Phi) is 6.12. The molecule has 4 rings (SSSR count). The summed E-state index contributed by atoms with van der Waals surface area (Å²) in [5.41, 5.74) is 6.28. The van der Waals surface area contributed by atoms with Crippen molar-refractivity contribution in [2.75, 3.05) is 5.32 Å². The molecule has 7 nitrogen and oxygen atoms in total.